The normalized spacial score (nSPS) is 21.7. The molecule has 0 saturated carbocycles. The second-order valence-electron chi connectivity index (χ2n) is 7.30. The number of nitrogens with one attached hydrogen (secondary N) is 1. The van der Waals surface area contributed by atoms with Crippen molar-refractivity contribution < 1.29 is 14.3 Å². The molecule has 1 aromatic rings. The summed E-state index contributed by atoms with van der Waals surface area (Å²) in [7, 11) is 0. The van der Waals surface area contributed by atoms with E-state index < -0.39 is 0 Å². The van der Waals surface area contributed by atoms with E-state index >= 15 is 0 Å². The SMILES string of the molecule is CC(C)(C)C1NCCc2cccc(OC(=O)N3CCOCC3)c21. The molecule has 1 unspecified atom stereocenters. The van der Waals surface area contributed by atoms with Gasteiger partial charge in [-0.1, -0.05) is 32.9 Å². The summed E-state index contributed by atoms with van der Waals surface area (Å²) < 4.78 is 11.1. The Morgan fingerprint density at radius 3 is 2.74 bits per heavy atom. The first kappa shape index (κ1) is 16.3. The van der Waals surface area contributed by atoms with Crippen molar-refractivity contribution in [3.05, 3.63) is 29.3 Å². The molecule has 0 radical (unpaired) electrons. The number of fused-ring (bicyclic) bond motifs is 1. The number of hydrogen-bond acceptors (Lipinski definition) is 4. The van der Waals surface area contributed by atoms with E-state index in [4.69, 9.17) is 9.47 Å². The highest BCUT2D eigenvalue weighted by atomic mass is 16.6. The number of carbonyl (C=O) groups is 1. The molecule has 1 atom stereocenters. The zero-order chi connectivity index (χ0) is 16.4. The van der Waals surface area contributed by atoms with Gasteiger partial charge in [-0.15, -0.1) is 0 Å². The lowest BCUT2D eigenvalue weighted by molar-refractivity contribution is 0.0413. The van der Waals surface area contributed by atoms with Crippen LogP contribution in [0.25, 0.3) is 0 Å². The fraction of sp³-hybridized carbons (Fsp3) is 0.611. The van der Waals surface area contributed by atoms with Gasteiger partial charge in [-0.25, -0.2) is 4.79 Å². The third-order valence-corrected chi connectivity index (χ3v) is 4.52. The molecule has 126 valence electrons. The third kappa shape index (κ3) is 3.51. The first-order valence-corrected chi connectivity index (χ1v) is 8.36. The summed E-state index contributed by atoms with van der Waals surface area (Å²) in [5.41, 5.74) is 2.46. The van der Waals surface area contributed by atoms with Gasteiger partial charge in [0, 0.05) is 24.7 Å². The maximum atomic E-state index is 12.4. The monoisotopic (exact) mass is 318 g/mol. The van der Waals surface area contributed by atoms with Crippen molar-refractivity contribution in [2.24, 2.45) is 5.41 Å². The highest BCUT2D eigenvalue weighted by Crippen LogP contribution is 2.41. The van der Waals surface area contributed by atoms with Crippen molar-refractivity contribution >= 4 is 6.09 Å². The third-order valence-electron chi connectivity index (χ3n) is 4.52. The molecule has 0 aliphatic carbocycles. The molecule has 1 saturated heterocycles. The average Bonchev–Trinajstić information content (AvgIpc) is 2.54. The Morgan fingerprint density at radius 1 is 1.30 bits per heavy atom. The fourth-order valence-electron chi connectivity index (χ4n) is 3.32. The smallest absolute Gasteiger partial charge is 0.410 e. The molecule has 0 aromatic heterocycles. The maximum Gasteiger partial charge on any atom is 0.415 e. The lowest BCUT2D eigenvalue weighted by Gasteiger charge is -2.37. The second-order valence-corrected chi connectivity index (χ2v) is 7.30. The Bertz CT molecular complexity index is 574. The van der Waals surface area contributed by atoms with Gasteiger partial charge in [0.1, 0.15) is 5.75 Å². The molecule has 2 aliphatic heterocycles. The van der Waals surface area contributed by atoms with Gasteiger partial charge >= 0.3 is 6.09 Å². The highest BCUT2D eigenvalue weighted by molar-refractivity contribution is 5.71. The Morgan fingerprint density at radius 2 is 2.04 bits per heavy atom. The van der Waals surface area contributed by atoms with Crippen LogP contribution >= 0.6 is 0 Å². The largest absolute Gasteiger partial charge is 0.415 e. The van der Waals surface area contributed by atoms with Gasteiger partial charge in [-0.2, -0.15) is 0 Å². The summed E-state index contributed by atoms with van der Waals surface area (Å²) in [5, 5.41) is 3.58. The molecule has 23 heavy (non-hydrogen) atoms. The Labute approximate surface area is 137 Å². The molecule has 5 nitrogen and oxygen atoms in total. The van der Waals surface area contributed by atoms with Crippen LogP contribution in [0.2, 0.25) is 0 Å². The van der Waals surface area contributed by atoms with Crippen molar-refractivity contribution in [3.63, 3.8) is 0 Å². The van der Waals surface area contributed by atoms with E-state index in [1.165, 1.54) is 5.56 Å². The van der Waals surface area contributed by atoms with Gasteiger partial charge in [0.2, 0.25) is 0 Å². The molecular formula is C18H26N2O3. The predicted octanol–water partition coefficient (Wildman–Crippen LogP) is 2.75. The van der Waals surface area contributed by atoms with Crippen molar-refractivity contribution in [3.8, 4) is 5.75 Å². The number of morpholine rings is 1. The molecule has 2 heterocycles. The summed E-state index contributed by atoms with van der Waals surface area (Å²) in [6.45, 7) is 9.92. The van der Waals surface area contributed by atoms with E-state index in [9.17, 15) is 4.79 Å². The minimum absolute atomic E-state index is 0.0522. The van der Waals surface area contributed by atoms with Gasteiger partial charge in [-0.05, 0) is 30.0 Å². The molecule has 1 aromatic carbocycles. The predicted molar refractivity (Wildman–Crippen MR) is 88.8 cm³/mol. The average molecular weight is 318 g/mol. The van der Waals surface area contributed by atoms with Crippen LogP contribution in [-0.4, -0.2) is 43.8 Å². The number of ether oxygens (including phenoxy) is 2. The van der Waals surface area contributed by atoms with Gasteiger partial charge in [0.25, 0.3) is 0 Å². The van der Waals surface area contributed by atoms with Crippen LogP contribution in [-0.2, 0) is 11.2 Å². The minimum Gasteiger partial charge on any atom is -0.410 e. The molecule has 0 bridgehead atoms. The van der Waals surface area contributed by atoms with Crippen molar-refractivity contribution in [2.45, 2.75) is 33.2 Å². The molecule has 1 fully saturated rings. The first-order chi connectivity index (χ1) is 11.0. The highest BCUT2D eigenvalue weighted by Gasteiger charge is 2.33. The number of benzene rings is 1. The van der Waals surface area contributed by atoms with Crippen LogP contribution in [0.5, 0.6) is 5.75 Å². The minimum atomic E-state index is -0.278. The first-order valence-electron chi connectivity index (χ1n) is 8.36. The maximum absolute atomic E-state index is 12.4. The number of hydrogen-bond donors (Lipinski definition) is 1. The quantitative estimate of drug-likeness (QED) is 0.865. The van der Waals surface area contributed by atoms with Crippen molar-refractivity contribution in [1.82, 2.24) is 10.2 Å². The number of amides is 1. The number of carbonyl (C=O) groups excluding carboxylic acids is 1. The van der Waals surface area contributed by atoms with Crippen LogP contribution in [0.15, 0.2) is 18.2 Å². The van der Waals surface area contributed by atoms with Gasteiger partial charge in [-0.3, -0.25) is 0 Å². The molecule has 2 aliphatic rings. The molecule has 1 N–H and O–H groups in total. The summed E-state index contributed by atoms with van der Waals surface area (Å²) in [5.74, 6) is 0.686. The zero-order valence-corrected chi connectivity index (χ0v) is 14.2. The Balaban J connectivity index is 1.86. The lowest BCUT2D eigenvalue weighted by Crippen LogP contribution is -2.43. The molecule has 0 spiro atoms. The summed E-state index contributed by atoms with van der Waals surface area (Å²) >= 11 is 0. The second kappa shape index (κ2) is 6.49. The van der Waals surface area contributed by atoms with Crippen LogP contribution in [0, 0.1) is 5.41 Å². The van der Waals surface area contributed by atoms with Crippen LogP contribution in [0.3, 0.4) is 0 Å². The standard InChI is InChI=1S/C18H26N2O3/c1-18(2,3)16-15-13(7-8-19-16)5-4-6-14(15)23-17(21)20-9-11-22-12-10-20/h4-6,16,19H,7-12H2,1-3H3. The van der Waals surface area contributed by atoms with E-state index in [1.54, 1.807) is 4.90 Å². The molecule has 5 heteroatoms. The Hall–Kier alpha value is -1.59. The van der Waals surface area contributed by atoms with Crippen LogP contribution in [0.4, 0.5) is 4.79 Å². The van der Waals surface area contributed by atoms with Crippen LogP contribution < -0.4 is 10.1 Å². The van der Waals surface area contributed by atoms with Gasteiger partial charge in [0.15, 0.2) is 0 Å². The van der Waals surface area contributed by atoms with E-state index in [2.05, 4.69) is 32.2 Å². The number of rotatable bonds is 1. The molecule has 3 rings (SSSR count). The van der Waals surface area contributed by atoms with E-state index in [1.807, 2.05) is 12.1 Å². The fourth-order valence-corrected chi connectivity index (χ4v) is 3.32. The Kier molecular flexibility index (Phi) is 4.60. The summed E-state index contributed by atoms with van der Waals surface area (Å²) in [6, 6.07) is 6.20. The number of nitrogens with zero attached hydrogens (tertiary/aromatic N) is 1. The topological polar surface area (TPSA) is 50.8 Å². The van der Waals surface area contributed by atoms with Gasteiger partial charge < -0.3 is 19.7 Å². The van der Waals surface area contributed by atoms with Crippen molar-refractivity contribution in [1.29, 1.82) is 0 Å². The lowest BCUT2D eigenvalue weighted by atomic mass is 9.78. The van der Waals surface area contributed by atoms with Gasteiger partial charge in [0.05, 0.1) is 13.2 Å². The summed E-state index contributed by atoms with van der Waals surface area (Å²) in [4.78, 5) is 14.2. The van der Waals surface area contributed by atoms with E-state index in [-0.39, 0.29) is 17.6 Å². The molecular weight excluding hydrogens is 292 g/mol. The van der Waals surface area contributed by atoms with Crippen molar-refractivity contribution in [2.75, 3.05) is 32.8 Å². The van der Waals surface area contributed by atoms with E-state index in [0.29, 0.717) is 32.1 Å². The van der Waals surface area contributed by atoms with Crippen LogP contribution in [0.1, 0.15) is 37.9 Å². The summed E-state index contributed by atoms with van der Waals surface area (Å²) in [6.07, 6.45) is 0.685. The molecule has 1 amide bonds. The zero-order valence-electron chi connectivity index (χ0n) is 14.2. The van der Waals surface area contributed by atoms with E-state index in [0.717, 1.165) is 18.5 Å².